The van der Waals surface area contributed by atoms with E-state index in [1.165, 1.54) is 6.33 Å². The summed E-state index contributed by atoms with van der Waals surface area (Å²) in [5.74, 6) is 0.446. The fraction of sp³-hybridized carbons (Fsp3) is 0.250. The molecule has 0 bridgehead atoms. The molecule has 0 aliphatic carbocycles. The Balaban J connectivity index is 1.51. The summed E-state index contributed by atoms with van der Waals surface area (Å²) in [6, 6.07) is 12.9. The van der Waals surface area contributed by atoms with Crippen molar-refractivity contribution in [2.75, 3.05) is 18.9 Å². The van der Waals surface area contributed by atoms with Crippen LogP contribution in [0.3, 0.4) is 0 Å². The number of nitrogens with two attached hydrogens (primary N) is 1. The number of nitrogens with zero attached hydrogens (tertiary/aromatic N) is 6. The zero-order valence-corrected chi connectivity index (χ0v) is 17.6. The van der Waals surface area contributed by atoms with E-state index in [1.807, 2.05) is 23.0 Å². The Morgan fingerprint density at radius 3 is 2.72 bits per heavy atom. The van der Waals surface area contributed by atoms with E-state index in [9.17, 15) is 0 Å². The molecule has 0 amide bonds. The molecule has 8 heteroatoms. The van der Waals surface area contributed by atoms with Crippen LogP contribution in [-0.2, 0) is 4.74 Å². The van der Waals surface area contributed by atoms with Crippen molar-refractivity contribution in [3.05, 3.63) is 66.8 Å². The number of hydrogen-bond donors (Lipinski definition) is 1. The van der Waals surface area contributed by atoms with Crippen LogP contribution in [-0.4, -0.2) is 43.3 Å². The second-order valence-electron chi connectivity index (χ2n) is 8.10. The van der Waals surface area contributed by atoms with Crippen molar-refractivity contribution in [3.8, 4) is 22.5 Å². The van der Waals surface area contributed by atoms with Crippen LogP contribution in [0.2, 0.25) is 0 Å². The molecule has 0 atom stereocenters. The number of hydrogen-bond acceptors (Lipinski definition) is 6. The van der Waals surface area contributed by atoms with Gasteiger partial charge in [0.05, 0.1) is 23.1 Å². The highest BCUT2D eigenvalue weighted by atomic mass is 16.5. The topological polar surface area (TPSA) is 95.6 Å². The number of ether oxygens (including phenoxy) is 1. The number of fused-ring (bicyclic) bond motifs is 1. The van der Waals surface area contributed by atoms with E-state index in [1.54, 1.807) is 0 Å². The fourth-order valence-corrected chi connectivity index (χ4v) is 4.63. The summed E-state index contributed by atoms with van der Waals surface area (Å²) >= 11 is 0. The Kier molecular flexibility index (Phi) is 4.57. The lowest BCUT2D eigenvalue weighted by Gasteiger charge is -2.24. The van der Waals surface area contributed by atoms with E-state index in [2.05, 4.69) is 61.3 Å². The molecule has 2 aliphatic rings. The third-order valence-corrected chi connectivity index (χ3v) is 6.20. The molecular formula is C24H23N7O. The predicted octanol–water partition coefficient (Wildman–Crippen LogP) is 3.90. The van der Waals surface area contributed by atoms with Gasteiger partial charge in [0, 0.05) is 43.2 Å². The van der Waals surface area contributed by atoms with Gasteiger partial charge in [0.2, 0.25) is 0 Å². The summed E-state index contributed by atoms with van der Waals surface area (Å²) in [5.41, 5.74) is 13.3. The SMILES string of the molecule is Nc1ncnn2c(-c3cccc(C4=NC=CC4)c3)cc(-c3ccnn3C3CCOCC3)c12. The third kappa shape index (κ3) is 3.11. The van der Waals surface area contributed by atoms with Gasteiger partial charge in [-0.25, -0.2) is 9.50 Å². The standard InChI is InChI=1S/C24H23N7O/c25-24-23-19(21-6-10-28-30(21)18-7-11-32-12-8-18)14-22(31(23)29-15-27-24)17-4-1-3-16(13-17)20-5-2-9-26-20/h1-4,6,9-10,13-15,18H,5,7-8,11-12H2,(H2,25,27,29). The number of anilines is 1. The first-order valence-corrected chi connectivity index (χ1v) is 10.9. The van der Waals surface area contributed by atoms with Crippen LogP contribution >= 0.6 is 0 Å². The summed E-state index contributed by atoms with van der Waals surface area (Å²) in [7, 11) is 0. The molecule has 2 N–H and O–H groups in total. The quantitative estimate of drug-likeness (QED) is 0.535. The number of aromatic nitrogens is 5. The van der Waals surface area contributed by atoms with E-state index in [4.69, 9.17) is 10.5 Å². The summed E-state index contributed by atoms with van der Waals surface area (Å²) in [4.78, 5) is 8.76. The van der Waals surface area contributed by atoms with Crippen molar-refractivity contribution < 1.29 is 4.74 Å². The van der Waals surface area contributed by atoms with Crippen LogP contribution in [0.5, 0.6) is 0 Å². The second kappa shape index (κ2) is 7.72. The van der Waals surface area contributed by atoms with Gasteiger partial charge in [0.1, 0.15) is 11.8 Å². The van der Waals surface area contributed by atoms with Crippen LogP contribution in [0.4, 0.5) is 5.82 Å². The lowest BCUT2D eigenvalue weighted by atomic mass is 10.0. The smallest absolute Gasteiger partial charge is 0.152 e. The van der Waals surface area contributed by atoms with Crippen molar-refractivity contribution in [3.63, 3.8) is 0 Å². The molecule has 2 aliphatic heterocycles. The molecule has 160 valence electrons. The molecule has 1 saturated heterocycles. The highest BCUT2D eigenvalue weighted by Gasteiger charge is 2.23. The maximum atomic E-state index is 6.36. The average Bonchev–Trinajstić information content (AvgIpc) is 3.59. The molecule has 0 saturated carbocycles. The molecule has 8 nitrogen and oxygen atoms in total. The van der Waals surface area contributed by atoms with Crippen LogP contribution in [0.15, 0.2) is 66.2 Å². The largest absolute Gasteiger partial charge is 0.382 e. The number of nitrogen functional groups attached to an aromatic ring is 1. The van der Waals surface area contributed by atoms with E-state index in [-0.39, 0.29) is 0 Å². The lowest BCUT2D eigenvalue weighted by Crippen LogP contribution is -2.21. The third-order valence-electron chi connectivity index (χ3n) is 6.20. The van der Waals surface area contributed by atoms with Gasteiger partial charge in [-0.05, 0) is 36.6 Å². The Labute approximate surface area is 185 Å². The zero-order valence-electron chi connectivity index (χ0n) is 17.6. The maximum Gasteiger partial charge on any atom is 0.152 e. The minimum atomic E-state index is 0.300. The first-order chi connectivity index (χ1) is 15.8. The van der Waals surface area contributed by atoms with Gasteiger partial charge in [-0.1, -0.05) is 24.3 Å². The molecule has 6 rings (SSSR count). The van der Waals surface area contributed by atoms with Crippen LogP contribution in [0.25, 0.3) is 28.0 Å². The molecule has 32 heavy (non-hydrogen) atoms. The number of aliphatic imine (C=N–C) groups is 1. The van der Waals surface area contributed by atoms with E-state index in [0.717, 1.165) is 71.8 Å². The van der Waals surface area contributed by atoms with Gasteiger partial charge in [-0.15, -0.1) is 0 Å². The molecule has 4 aromatic rings. The predicted molar refractivity (Wildman–Crippen MR) is 123 cm³/mol. The Morgan fingerprint density at radius 2 is 1.88 bits per heavy atom. The van der Waals surface area contributed by atoms with Gasteiger partial charge in [0.15, 0.2) is 5.82 Å². The highest BCUT2D eigenvalue weighted by Crippen LogP contribution is 2.37. The van der Waals surface area contributed by atoms with Crippen molar-refractivity contribution in [2.24, 2.45) is 4.99 Å². The fourth-order valence-electron chi connectivity index (χ4n) is 4.63. The van der Waals surface area contributed by atoms with Gasteiger partial charge in [-0.3, -0.25) is 9.67 Å². The Hall–Kier alpha value is -3.78. The second-order valence-corrected chi connectivity index (χ2v) is 8.10. The first-order valence-electron chi connectivity index (χ1n) is 10.9. The molecule has 1 fully saturated rings. The molecule has 0 radical (unpaired) electrons. The first kappa shape index (κ1) is 18.9. The normalized spacial score (nSPS) is 16.7. The molecule has 0 spiro atoms. The van der Waals surface area contributed by atoms with Crippen LogP contribution in [0, 0.1) is 0 Å². The van der Waals surface area contributed by atoms with E-state index >= 15 is 0 Å². The van der Waals surface area contributed by atoms with Gasteiger partial charge in [0.25, 0.3) is 0 Å². The summed E-state index contributed by atoms with van der Waals surface area (Å²) in [6.45, 7) is 1.50. The Bertz CT molecular complexity index is 1360. The average molecular weight is 425 g/mol. The molecule has 1 aromatic carbocycles. The van der Waals surface area contributed by atoms with E-state index in [0.29, 0.717) is 11.9 Å². The highest BCUT2D eigenvalue weighted by molar-refractivity contribution is 6.04. The van der Waals surface area contributed by atoms with Gasteiger partial charge >= 0.3 is 0 Å². The molecule has 3 aromatic heterocycles. The summed E-state index contributed by atoms with van der Waals surface area (Å²) < 4.78 is 9.53. The van der Waals surface area contributed by atoms with Gasteiger partial charge in [-0.2, -0.15) is 10.2 Å². The lowest BCUT2D eigenvalue weighted by molar-refractivity contribution is 0.0667. The minimum absolute atomic E-state index is 0.300. The number of allylic oxidation sites excluding steroid dienone is 1. The number of rotatable bonds is 4. The Morgan fingerprint density at radius 1 is 1.00 bits per heavy atom. The van der Waals surface area contributed by atoms with Crippen molar-refractivity contribution in [1.29, 1.82) is 0 Å². The van der Waals surface area contributed by atoms with Crippen molar-refractivity contribution >= 4 is 17.0 Å². The van der Waals surface area contributed by atoms with Gasteiger partial charge < -0.3 is 10.5 Å². The molecule has 5 heterocycles. The van der Waals surface area contributed by atoms with Crippen molar-refractivity contribution in [2.45, 2.75) is 25.3 Å². The van der Waals surface area contributed by atoms with E-state index < -0.39 is 0 Å². The summed E-state index contributed by atoms with van der Waals surface area (Å²) in [6.07, 6.45) is 10.0. The minimum Gasteiger partial charge on any atom is -0.382 e. The summed E-state index contributed by atoms with van der Waals surface area (Å²) in [5, 5.41) is 9.20. The van der Waals surface area contributed by atoms with Crippen LogP contribution < -0.4 is 5.73 Å². The monoisotopic (exact) mass is 425 g/mol. The van der Waals surface area contributed by atoms with Crippen molar-refractivity contribution in [1.82, 2.24) is 24.4 Å². The number of benzene rings is 1. The zero-order chi connectivity index (χ0) is 21.5. The van der Waals surface area contributed by atoms with Crippen LogP contribution in [0.1, 0.15) is 30.9 Å². The maximum absolute atomic E-state index is 6.36. The molecule has 0 unspecified atom stereocenters. The molecular weight excluding hydrogens is 402 g/mol.